The molecule has 0 saturated carbocycles. The van der Waals surface area contributed by atoms with Crippen LogP contribution in [0.2, 0.25) is 0 Å². The molecule has 0 radical (unpaired) electrons. The summed E-state index contributed by atoms with van der Waals surface area (Å²) in [6.45, 7) is 18.8. The Balaban J connectivity index is -0.000000140. The van der Waals surface area contributed by atoms with Crippen LogP contribution in [0.1, 0.15) is 6.42 Å². The molecule has 0 unspecified atom stereocenters. The molecule has 0 aromatic heterocycles. The molecule has 0 spiro atoms. The van der Waals surface area contributed by atoms with E-state index < -0.39 is 0 Å². The molecule has 0 atom stereocenters. The first kappa shape index (κ1) is 19.3. The molecule has 1 rings (SSSR count). The van der Waals surface area contributed by atoms with Gasteiger partial charge in [-0.2, -0.15) is 0 Å². The van der Waals surface area contributed by atoms with Gasteiger partial charge >= 0.3 is 47.9 Å². The van der Waals surface area contributed by atoms with Gasteiger partial charge in [-0.1, -0.05) is 39.5 Å². The van der Waals surface area contributed by atoms with E-state index in [4.69, 9.17) is 0 Å². The average molecular weight is 371 g/mol. The van der Waals surface area contributed by atoms with E-state index in [1.165, 1.54) is 10.5 Å². The van der Waals surface area contributed by atoms with Crippen LogP contribution in [-0.2, 0) is 19.2 Å². The monoisotopic (exact) mass is 372 g/mol. The van der Waals surface area contributed by atoms with Gasteiger partial charge in [-0.3, -0.25) is 0 Å². The zero-order valence-electron chi connectivity index (χ0n) is 9.06. The first-order valence-electron chi connectivity index (χ1n) is 4.03. The number of allylic oxidation sites excluding steroid dienone is 4. The fraction of sp³-hybridized carbons (Fsp3) is 0.0714. The molecule has 1 aliphatic carbocycles. The van der Waals surface area contributed by atoms with Crippen molar-refractivity contribution in [2.45, 2.75) is 6.42 Å². The minimum absolute atomic E-state index is 1.19. The van der Waals surface area contributed by atoms with E-state index in [9.17, 15) is 0 Å². The third-order valence-corrected chi connectivity index (χ3v) is 1.73. The molecule has 1 aliphatic rings. The van der Waals surface area contributed by atoms with Crippen molar-refractivity contribution in [1.29, 1.82) is 0 Å². The van der Waals surface area contributed by atoms with Crippen LogP contribution in [0.3, 0.4) is 0 Å². The molecular weight excluding hydrogens is 354 g/mol. The summed E-state index contributed by atoms with van der Waals surface area (Å²) in [5, 5.41) is 0. The van der Waals surface area contributed by atoms with E-state index in [0.29, 0.717) is 0 Å². The number of hydrogen-bond donors (Lipinski definition) is 0. The van der Waals surface area contributed by atoms with Crippen molar-refractivity contribution < 1.29 is 19.2 Å². The van der Waals surface area contributed by atoms with E-state index in [-0.39, 0.29) is 0 Å². The summed E-state index contributed by atoms with van der Waals surface area (Å²) >= 11 is 1.78. The first-order chi connectivity index (χ1) is 7.14. The molecule has 80 valence electrons. The van der Waals surface area contributed by atoms with E-state index in [1.807, 2.05) is 0 Å². The Bertz CT molecular complexity index is 257. The second-order valence-corrected chi connectivity index (χ2v) is 3.74. The van der Waals surface area contributed by atoms with Crippen LogP contribution in [0.4, 0.5) is 0 Å². The second-order valence-electron chi connectivity index (χ2n) is 2.00. The normalized spacial score (nSPS) is 9.00. The van der Waals surface area contributed by atoms with Gasteiger partial charge in [0, 0.05) is 0 Å². The van der Waals surface area contributed by atoms with Crippen molar-refractivity contribution in [3.8, 4) is 0 Å². The zero-order chi connectivity index (χ0) is 12.5. The van der Waals surface area contributed by atoms with E-state index in [2.05, 4.69) is 74.9 Å². The molecule has 0 heterocycles. The van der Waals surface area contributed by atoms with Crippen molar-refractivity contribution in [3.05, 3.63) is 78.9 Å². The zero-order valence-corrected chi connectivity index (χ0v) is 11.8. The van der Waals surface area contributed by atoms with E-state index in [0.717, 1.165) is 0 Å². The van der Waals surface area contributed by atoms with Crippen molar-refractivity contribution in [1.82, 2.24) is 0 Å². The van der Waals surface area contributed by atoms with Crippen LogP contribution >= 0.6 is 0 Å². The molecule has 0 aromatic carbocycles. The Hall–Kier alpha value is -1.30. The van der Waals surface area contributed by atoms with Gasteiger partial charge in [-0.25, -0.2) is 0 Å². The molecule has 0 N–H and O–H groups in total. The molecule has 0 nitrogen and oxygen atoms in total. The predicted octanol–water partition coefficient (Wildman–Crippen LogP) is 4.25. The topological polar surface area (TPSA) is 0 Å². The summed E-state index contributed by atoms with van der Waals surface area (Å²) < 4.78 is 1.52. The summed E-state index contributed by atoms with van der Waals surface area (Å²) in [5.74, 6) is 0. The molecule has 0 aliphatic heterocycles. The van der Waals surface area contributed by atoms with Crippen LogP contribution in [0.15, 0.2) is 78.9 Å². The Kier molecular flexibility index (Phi) is 29.6. The Morgan fingerprint density at radius 3 is 1.33 bits per heavy atom. The third-order valence-electron chi connectivity index (χ3n) is 0.726. The Morgan fingerprint density at radius 1 is 0.933 bits per heavy atom. The van der Waals surface area contributed by atoms with Crippen LogP contribution in [-0.4, -0.2) is 0 Å². The average Bonchev–Trinajstić information content (AvgIpc) is 2.60. The van der Waals surface area contributed by atoms with Crippen molar-refractivity contribution in [2.75, 3.05) is 0 Å². The maximum absolute atomic E-state index is 3.12. The van der Waals surface area contributed by atoms with Crippen LogP contribution in [0, 0.1) is 0 Å². The van der Waals surface area contributed by atoms with Gasteiger partial charge in [-0.15, -0.1) is 17.2 Å². The fourth-order valence-corrected chi connectivity index (χ4v) is 1.00. The van der Waals surface area contributed by atoms with Gasteiger partial charge in [0.25, 0.3) is 0 Å². The van der Waals surface area contributed by atoms with Gasteiger partial charge in [-0.05, 0) is 0 Å². The number of hydrogen-bond acceptors (Lipinski definition) is 0. The molecular formula is C14H17Re. The fourth-order valence-electron chi connectivity index (χ4n) is 0.421. The van der Waals surface area contributed by atoms with Crippen molar-refractivity contribution in [2.24, 2.45) is 0 Å². The molecule has 0 saturated heterocycles. The predicted molar refractivity (Wildman–Crippen MR) is 66.1 cm³/mol. The summed E-state index contributed by atoms with van der Waals surface area (Å²) in [6.07, 6.45) is 7.64. The van der Waals surface area contributed by atoms with Gasteiger partial charge in [0.2, 0.25) is 0 Å². The van der Waals surface area contributed by atoms with Gasteiger partial charge in [0.1, 0.15) is 0 Å². The van der Waals surface area contributed by atoms with E-state index >= 15 is 0 Å². The Morgan fingerprint density at radius 2 is 1.27 bits per heavy atom. The molecule has 15 heavy (non-hydrogen) atoms. The molecule has 0 fully saturated rings. The SMILES string of the molecule is C=C=C.C=C=C.C=C=C.[Re][C]1=CC=CC1. The standard InChI is InChI=1S/C5H5.3C3H4.Re/c1-2-4-5-3-1;3*1-3-2;/h1-3H,4H2;3*1-2H2;. The van der Waals surface area contributed by atoms with Gasteiger partial charge < -0.3 is 0 Å². The maximum atomic E-state index is 3.12. The summed E-state index contributed by atoms with van der Waals surface area (Å²) in [5.41, 5.74) is 6.75. The molecule has 0 amide bonds. The van der Waals surface area contributed by atoms with Crippen LogP contribution < -0.4 is 0 Å². The Labute approximate surface area is 105 Å². The van der Waals surface area contributed by atoms with Crippen LogP contribution in [0.25, 0.3) is 0 Å². The molecule has 0 bridgehead atoms. The minimum atomic E-state index is 1.19. The van der Waals surface area contributed by atoms with Crippen molar-refractivity contribution >= 4 is 0 Å². The second kappa shape index (κ2) is 23.0. The molecule has 1 heteroatoms. The summed E-state index contributed by atoms with van der Waals surface area (Å²) in [7, 11) is 0. The van der Waals surface area contributed by atoms with Gasteiger partial charge in [0.05, 0.1) is 0 Å². The quantitative estimate of drug-likeness (QED) is 0.559. The van der Waals surface area contributed by atoms with Crippen molar-refractivity contribution in [3.63, 3.8) is 0 Å². The van der Waals surface area contributed by atoms with E-state index in [1.54, 1.807) is 19.2 Å². The molecule has 0 aromatic rings. The third kappa shape index (κ3) is 44.7. The van der Waals surface area contributed by atoms with Gasteiger partial charge in [0.15, 0.2) is 0 Å². The summed E-state index contributed by atoms with van der Waals surface area (Å²) in [6, 6.07) is 0. The summed E-state index contributed by atoms with van der Waals surface area (Å²) in [4.78, 5) is 0. The number of rotatable bonds is 0. The first-order valence-corrected chi connectivity index (χ1v) is 5.39. The van der Waals surface area contributed by atoms with Crippen LogP contribution in [0.5, 0.6) is 0 Å².